The molecule has 5 rings (SSSR count). The lowest BCUT2D eigenvalue weighted by Gasteiger charge is -2.22. The van der Waals surface area contributed by atoms with Crippen LogP contribution < -0.4 is 5.32 Å². The lowest BCUT2D eigenvalue weighted by Crippen LogP contribution is -2.25. The Bertz CT molecular complexity index is 1270. The second kappa shape index (κ2) is 6.94. The molecular weight excluding hydrogens is 374 g/mol. The maximum absolute atomic E-state index is 7.24. The highest BCUT2D eigenvalue weighted by atomic mass is 15.3. The van der Waals surface area contributed by atoms with Gasteiger partial charge in [-0.2, -0.15) is 5.10 Å². The van der Waals surface area contributed by atoms with Crippen LogP contribution >= 0.6 is 0 Å². The lowest BCUT2D eigenvalue weighted by atomic mass is 9.94. The van der Waals surface area contributed by atoms with E-state index in [1.807, 2.05) is 55.3 Å². The van der Waals surface area contributed by atoms with E-state index in [9.17, 15) is 0 Å². The SMILES string of the molecule is [C-]#[N+]c1ccc(C2N[C@@H](C)c3nnc(C)n3-c3ccc(-c4cnn(C)c4)cc32)cc1. The molecule has 0 amide bonds. The smallest absolute Gasteiger partial charge is 0.187 e. The Kier molecular flexibility index (Phi) is 4.23. The van der Waals surface area contributed by atoms with Gasteiger partial charge in [-0.3, -0.25) is 14.6 Å². The zero-order chi connectivity index (χ0) is 20.8. The number of fused-ring (bicyclic) bond motifs is 3. The zero-order valence-electron chi connectivity index (χ0n) is 17.0. The number of aromatic nitrogens is 5. The summed E-state index contributed by atoms with van der Waals surface area (Å²) in [7, 11) is 1.92. The molecule has 1 N–H and O–H groups in total. The second-order valence-electron chi connectivity index (χ2n) is 7.64. The molecule has 7 heteroatoms. The largest absolute Gasteiger partial charge is 0.297 e. The summed E-state index contributed by atoms with van der Waals surface area (Å²) in [5, 5.41) is 16.8. The van der Waals surface area contributed by atoms with E-state index in [0.717, 1.165) is 39.6 Å². The summed E-state index contributed by atoms with van der Waals surface area (Å²) in [6.07, 6.45) is 3.90. The van der Waals surface area contributed by atoms with Gasteiger partial charge in [0, 0.05) is 18.8 Å². The van der Waals surface area contributed by atoms with Crippen molar-refractivity contribution in [3.05, 3.63) is 89.1 Å². The molecule has 30 heavy (non-hydrogen) atoms. The normalized spacial score (nSPS) is 17.7. The van der Waals surface area contributed by atoms with E-state index < -0.39 is 0 Å². The number of benzene rings is 2. The molecule has 2 atom stereocenters. The summed E-state index contributed by atoms with van der Waals surface area (Å²) in [6.45, 7) is 11.3. The number of rotatable bonds is 2. The number of hydrogen-bond acceptors (Lipinski definition) is 4. The minimum Gasteiger partial charge on any atom is -0.297 e. The first-order valence-electron chi connectivity index (χ1n) is 9.84. The van der Waals surface area contributed by atoms with Crippen LogP contribution in [0.3, 0.4) is 0 Å². The van der Waals surface area contributed by atoms with E-state index in [4.69, 9.17) is 6.57 Å². The van der Waals surface area contributed by atoms with Crippen LogP contribution in [-0.2, 0) is 7.05 Å². The molecule has 0 aliphatic carbocycles. The molecule has 0 bridgehead atoms. The average molecular weight is 395 g/mol. The first kappa shape index (κ1) is 18.3. The molecule has 2 aromatic carbocycles. The Morgan fingerprint density at radius 1 is 1.07 bits per heavy atom. The standard InChI is InChI=1S/C23H21N7/c1-14-23-28-27-15(2)30(23)21-10-7-17(18-12-25-29(4)13-18)11-20(21)22(26-14)16-5-8-19(24-3)9-6-16/h5-14,22,26H,1-2,4H3/t14-,22?/m0/s1. The van der Waals surface area contributed by atoms with Crippen molar-refractivity contribution < 1.29 is 0 Å². The van der Waals surface area contributed by atoms with Crippen molar-refractivity contribution in [2.24, 2.45) is 7.05 Å². The predicted octanol–water partition coefficient (Wildman–Crippen LogP) is 4.28. The molecule has 3 heterocycles. The van der Waals surface area contributed by atoms with Crippen molar-refractivity contribution in [3.63, 3.8) is 0 Å². The first-order chi connectivity index (χ1) is 14.5. The molecule has 0 radical (unpaired) electrons. The van der Waals surface area contributed by atoms with E-state index in [1.54, 1.807) is 0 Å². The molecule has 4 aromatic rings. The minimum absolute atomic E-state index is 0.00554. The van der Waals surface area contributed by atoms with Crippen LogP contribution in [-0.4, -0.2) is 24.5 Å². The van der Waals surface area contributed by atoms with Crippen molar-refractivity contribution >= 4 is 5.69 Å². The fourth-order valence-electron chi connectivity index (χ4n) is 4.13. The van der Waals surface area contributed by atoms with Crippen LogP contribution in [0.25, 0.3) is 21.7 Å². The van der Waals surface area contributed by atoms with Crippen molar-refractivity contribution in [1.29, 1.82) is 0 Å². The highest BCUT2D eigenvalue weighted by Crippen LogP contribution is 2.37. The highest BCUT2D eigenvalue weighted by molar-refractivity contribution is 5.67. The van der Waals surface area contributed by atoms with E-state index in [0.29, 0.717) is 5.69 Å². The molecule has 0 spiro atoms. The topological polar surface area (TPSA) is 64.9 Å². The van der Waals surface area contributed by atoms with Crippen molar-refractivity contribution in [1.82, 2.24) is 29.9 Å². The Balaban J connectivity index is 1.73. The summed E-state index contributed by atoms with van der Waals surface area (Å²) in [5.41, 5.74) is 6.12. The third-order valence-corrected chi connectivity index (χ3v) is 5.63. The van der Waals surface area contributed by atoms with Gasteiger partial charge in [-0.15, -0.1) is 10.2 Å². The van der Waals surface area contributed by atoms with Crippen LogP contribution in [0.5, 0.6) is 0 Å². The Morgan fingerprint density at radius 3 is 2.57 bits per heavy atom. The van der Waals surface area contributed by atoms with E-state index in [1.165, 1.54) is 0 Å². The first-order valence-corrected chi connectivity index (χ1v) is 9.84. The second-order valence-corrected chi connectivity index (χ2v) is 7.64. The molecule has 1 aliphatic heterocycles. The van der Waals surface area contributed by atoms with Crippen LogP contribution in [0.2, 0.25) is 0 Å². The van der Waals surface area contributed by atoms with Crippen LogP contribution in [0.1, 0.15) is 41.8 Å². The number of nitrogens with one attached hydrogen (secondary N) is 1. The van der Waals surface area contributed by atoms with Gasteiger partial charge in [0.2, 0.25) is 0 Å². The minimum atomic E-state index is -0.0486. The molecule has 1 aliphatic rings. The summed E-state index contributed by atoms with van der Waals surface area (Å²) >= 11 is 0. The van der Waals surface area contributed by atoms with Gasteiger partial charge in [0.25, 0.3) is 0 Å². The Morgan fingerprint density at radius 2 is 1.87 bits per heavy atom. The Hall–Kier alpha value is -3.76. The molecule has 148 valence electrons. The van der Waals surface area contributed by atoms with Gasteiger partial charge in [-0.25, -0.2) is 4.85 Å². The average Bonchev–Trinajstić information content (AvgIpc) is 3.34. The van der Waals surface area contributed by atoms with Gasteiger partial charge in [0.05, 0.1) is 30.5 Å². The fraction of sp³-hybridized carbons (Fsp3) is 0.217. The maximum atomic E-state index is 7.24. The molecule has 7 nitrogen and oxygen atoms in total. The number of hydrogen-bond donors (Lipinski definition) is 1. The number of aryl methyl sites for hydroxylation is 2. The van der Waals surface area contributed by atoms with Gasteiger partial charge in [-0.1, -0.05) is 30.3 Å². The van der Waals surface area contributed by atoms with Gasteiger partial charge in [-0.05, 0) is 42.7 Å². The van der Waals surface area contributed by atoms with Crippen molar-refractivity contribution in [2.45, 2.75) is 25.9 Å². The summed E-state index contributed by atoms with van der Waals surface area (Å²) in [5.74, 6) is 1.75. The highest BCUT2D eigenvalue weighted by Gasteiger charge is 2.29. The lowest BCUT2D eigenvalue weighted by molar-refractivity contribution is 0.504. The third-order valence-electron chi connectivity index (χ3n) is 5.63. The van der Waals surface area contributed by atoms with E-state index >= 15 is 0 Å². The fourth-order valence-corrected chi connectivity index (χ4v) is 4.13. The zero-order valence-corrected chi connectivity index (χ0v) is 17.0. The van der Waals surface area contributed by atoms with Gasteiger partial charge in [0.1, 0.15) is 5.82 Å². The number of nitrogens with zero attached hydrogens (tertiary/aromatic N) is 6. The van der Waals surface area contributed by atoms with Crippen LogP contribution in [0.4, 0.5) is 5.69 Å². The summed E-state index contributed by atoms with van der Waals surface area (Å²) in [4.78, 5) is 3.52. The van der Waals surface area contributed by atoms with E-state index in [-0.39, 0.29) is 12.1 Å². The van der Waals surface area contributed by atoms with Gasteiger partial charge in [0.15, 0.2) is 11.5 Å². The van der Waals surface area contributed by atoms with E-state index in [2.05, 4.69) is 55.1 Å². The molecular formula is C23H21N7. The van der Waals surface area contributed by atoms with Crippen molar-refractivity contribution in [2.75, 3.05) is 0 Å². The molecule has 0 fully saturated rings. The van der Waals surface area contributed by atoms with Gasteiger partial charge >= 0.3 is 0 Å². The summed E-state index contributed by atoms with van der Waals surface area (Å²) in [6, 6.07) is 14.2. The summed E-state index contributed by atoms with van der Waals surface area (Å²) < 4.78 is 3.94. The monoisotopic (exact) mass is 395 g/mol. The quantitative estimate of drug-likeness (QED) is 0.515. The van der Waals surface area contributed by atoms with Crippen LogP contribution in [0, 0.1) is 13.5 Å². The molecule has 0 saturated carbocycles. The molecule has 1 unspecified atom stereocenters. The van der Waals surface area contributed by atoms with Crippen molar-refractivity contribution in [3.8, 4) is 16.8 Å². The maximum Gasteiger partial charge on any atom is 0.187 e. The Labute approximate surface area is 174 Å². The van der Waals surface area contributed by atoms with Gasteiger partial charge < -0.3 is 0 Å². The van der Waals surface area contributed by atoms with Crippen LogP contribution in [0.15, 0.2) is 54.9 Å². The molecule has 2 aromatic heterocycles. The third kappa shape index (κ3) is 2.90. The predicted molar refractivity (Wildman–Crippen MR) is 114 cm³/mol. The molecule has 0 saturated heterocycles.